The van der Waals surface area contributed by atoms with E-state index in [0.717, 1.165) is 21.5 Å². The first kappa shape index (κ1) is 31.3. The zero-order chi connectivity index (χ0) is 30.3. The molecule has 226 valence electrons. The Hall–Kier alpha value is -3.14. The zero-order valence-corrected chi connectivity index (χ0v) is 26.1. The molecule has 1 aliphatic heterocycles. The molecular weight excluding hydrogens is 556 g/mol. The van der Waals surface area contributed by atoms with E-state index in [0.29, 0.717) is 0 Å². The first-order valence-electron chi connectivity index (χ1n) is 14.9. The van der Waals surface area contributed by atoms with Crippen molar-refractivity contribution in [3.63, 3.8) is 0 Å². The summed E-state index contributed by atoms with van der Waals surface area (Å²) >= 11 is 0. The molecule has 0 saturated carbocycles. The van der Waals surface area contributed by atoms with Crippen LogP contribution in [-0.2, 0) is 31.9 Å². The van der Waals surface area contributed by atoms with Crippen molar-refractivity contribution in [3.05, 3.63) is 132 Å². The second kappa shape index (κ2) is 14.1. The van der Waals surface area contributed by atoms with Crippen LogP contribution in [0.15, 0.2) is 121 Å². The van der Waals surface area contributed by atoms with Crippen molar-refractivity contribution in [2.45, 2.75) is 69.7 Å². The molecule has 1 aliphatic rings. The van der Waals surface area contributed by atoms with Gasteiger partial charge in [0.05, 0.1) is 19.8 Å². The van der Waals surface area contributed by atoms with Crippen LogP contribution in [0.25, 0.3) is 0 Å². The number of aliphatic hydroxyl groups excluding tert-OH is 2. The molecule has 0 aliphatic carbocycles. The Morgan fingerprint density at radius 1 is 0.628 bits per heavy atom. The van der Waals surface area contributed by atoms with E-state index in [4.69, 9.17) is 18.6 Å². The molecule has 0 aromatic heterocycles. The summed E-state index contributed by atoms with van der Waals surface area (Å²) in [5, 5.41) is 24.7. The van der Waals surface area contributed by atoms with Crippen molar-refractivity contribution < 1.29 is 28.8 Å². The fourth-order valence-corrected chi connectivity index (χ4v) is 10.5. The highest BCUT2D eigenvalue weighted by Crippen LogP contribution is 2.37. The lowest BCUT2D eigenvalue weighted by Crippen LogP contribution is -2.68. The monoisotopic (exact) mass is 598 g/mol. The second-order valence-electron chi connectivity index (χ2n) is 12.1. The number of rotatable bonds is 11. The van der Waals surface area contributed by atoms with Gasteiger partial charge in [-0.3, -0.25) is 0 Å². The van der Waals surface area contributed by atoms with Crippen LogP contribution < -0.4 is 10.4 Å². The fraction of sp³-hybridized carbons (Fsp3) is 0.333. The maximum atomic E-state index is 11.6. The van der Waals surface area contributed by atoms with Crippen molar-refractivity contribution in [2.24, 2.45) is 0 Å². The van der Waals surface area contributed by atoms with Crippen LogP contribution in [-0.4, -0.2) is 55.8 Å². The molecule has 4 aromatic rings. The van der Waals surface area contributed by atoms with Crippen LogP contribution in [0.5, 0.6) is 0 Å². The molecule has 5 rings (SSSR count). The van der Waals surface area contributed by atoms with Crippen LogP contribution in [0.1, 0.15) is 31.9 Å². The summed E-state index contributed by atoms with van der Waals surface area (Å²) in [6, 6.07) is 40.2. The Kier molecular flexibility index (Phi) is 10.3. The van der Waals surface area contributed by atoms with E-state index in [2.05, 4.69) is 45.0 Å². The third-order valence-electron chi connectivity index (χ3n) is 8.09. The predicted molar refractivity (Wildman–Crippen MR) is 170 cm³/mol. The van der Waals surface area contributed by atoms with Gasteiger partial charge >= 0.3 is 0 Å². The van der Waals surface area contributed by atoms with Gasteiger partial charge in [-0.05, 0) is 26.5 Å². The largest absolute Gasteiger partial charge is 0.405 e. The first-order valence-corrected chi connectivity index (χ1v) is 16.8. The van der Waals surface area contributed by atoms with Gasteiger partial charge in [0.1, 0.15) is 24.4 Å². The molecule has 0 bridgehead atoms. The number of hydrogen-bond donors (Lipinski definition) is 2. The van der Waals surface area contributed by atoms with Gasteiger partial charge in [0, 0.05) is 0 Å². The van der Waals surface area contributed by atoms with E-state index in [1.165, 1.54) is 0 Å². The lowest BCUT2D eigenvalue weighted by Gasteiger charge is -2.46. The van der Waals surface area contributed by atoms with Crippen molar-refractivity contribution in [2.75, 3.05) is 6.61 Å². The number of hydrogen-bond acceptors (Lipinski definition) is 6. The molecule has 1 fully saturated rings. The van der Waals surface area contributed by atoms with E-state index in [1.54, 1.807) is 0 Å². The number of ether oxygens (including phenoxy) is 3. The van der Waals surface area contributed by atoms with E-state index >= 15 is 0 Å². The molecule has 0 amide bonds. The summed E-state index contributed by atoms with van der Waals surface area (Å²) in [7, 11) is -2.90. The Morgan fingerprint density at radius 3 is 1.49 bits per heavy atom. The highest BCUT2D eigenvalue weighted by molar-refractivity contribution is 6.99. The van der Waals surface area contributed by atoms with Crippen LogP contribution in [0.4, 0.5) is 0 Å². The van der Waals surface area contributed by atoms with Crippen LogP contribution in [0.3, 0.4) is 0 Å². The zero-order valence-electron chi connectivity index (χ0n) is 25.1. The minimum Gasteiger partial charge on any atom is -0.405 e. The molecule has 7 heteroatoms. The molecule has 6 nitrogen and oxygen atoms in total. The minimum atomic E-state index is -2.90. The standard InChI is InChI=1S/C36H42O6Si/c1-36(2,3)43(29-20-12-6-13-21-29,30-22-14-7-15-23-30)41-26-31-33(39-24-27-16-8-4-9-17-27)32(37)34(35(38)42-31)40-25-28-18-10-5-11-19-28/h4-23,31-35,37-38H,24-26H2,1-3H3/t31-,32+,33-,34+,35+/m1/s1. The fourth-order valence-electron chi connectivity index (χ4n) is 5.93. The summed E-state index contributed by atoms with van der Waals surface area (Å²) in [6.07, 6.45) is -5.05. The maximum absolute atomic E-state index is 11.6. The summed E-state index contributed by atoms with van der Waals surface area (Å²) in [5.41, 5.74) is 1.90. The molecule has 0 unspecified atom stereocenters. The van der Waals surface area contributed by atoms with E-state index in [9.17, 15) is 10.2 Å². The molecule has 4 aromatic carbocycles. The maximum Gasteiger partial charge on any atom is 0.261 e. The van der Waals surface area contributed by atoms with Crippen molar-refractivity contribution in [1.29, 1.82) is 0 Å². The summed E-state index contributed by atoms with van der Waals surface area (Å²) in [6.45, 7) is 7.23. The highest BCUT2D eigenvalue weighted by atomic mass is 28.4. The highest BCUT2D eigenvalue weighted by Gasteiger charge is 2.52. The molecule has 43 heavy (non-hydrogen) atoms. The van der Waals surface area contributed by atoms with Gasteiger partial charge in [0.15, 0.2) is 6.29 Å². The average Bonchev–Trinajstić information content (AvgIpc) is 3.02. The third-order valence-corrected chi connectivity index (χ3v) is 13.1. The SMILES string of the molecule is CC(C)(C)[Si](OC[C@H]1O[C@H](O)[C@@H](OCc2ccccc2)[C@@H](O)[C@@H]1OCc1ccccc1)(c1ccccc1)c1ccccc1. The van der Waals surface area contributed by atoms with E-state index < -0.39 is 39.0 Å². The lowest BCUT2D eigenvalue weighted by molar-refractivity contribution is -0.305. The summed E-state index contributed by atoms with van der Waals surface area (Å²) < 4.78 is 25.7. The van der Waals surface area contributed by atoms with Crippen molar-refractivity contribution in [3.8, 4) is 0 Å². The van der Waals surface area contributed by atoms with Gasteiger partial charge in [-0.25, -0.2) is 0 Å². The lowest BCUT2D eigenvalue weighted by atomic mass is 9.98. The van der Waals surface area contributed by atoms with Gasteiger partial charge in [-0.1, -0.05) is 142 Å². The number of benzene rings is 4. The van der Waals surface area contributed by atoms with Crippen molar-refractivity contribution >= 4 is 18.7 Å². The van der Waals surface area contributed by atoms with E-state index in [1.807, 2.05) is 97.1 Å². The quantitative estimate of drug-likeness (QED) is 0.241. The molecule has 1 saturated heterocycles. The Morgan fingerprint density at radius 2 is 1.05 bits per heavy atom. The Labute approximate surface area is 256 Å². The van der Waals surface area contributed by atoms with Gasteiger partial charge in [0.25, 0.3) is 8.32 Å². The Balaban J connectivity index is 1.43. The topological polar surface area (TPSA) is 77.4 Å². The molecular formula is C36H42O6Si. The second-order valence-corrected chi connectivity index (χ2v) is 16.4. The molecule has 1 heterocycles. The normalized spacial score (nSPS) is 22.8. The number of aliphatic hydroxyl groups is 2. The molecule has 2 N–H and O–H groups in total. The van der Waals surface area contributed by atoms with Crippen LogP contribution >= 0.6 is 0 Å². The molecule has 5 atom stereocenters. The Bertz CT molecular complexity index is 1340. The summed E-state index contributed by atoms with van der Waals surface area (Å²) in [5.74, 6) is 0. The third kappa shape index (κ3) is 7.16. The van der Waals surface area contributed by atoms with Gasteiger partial charge in [-0.2, -0.15) is 0 Å². The van der Waals surface area contributed by atoms with Crippen molar-refractivity contribution in [1.82, 2.24) is 0 Å². The molecule has 0 spiro atoms. The van der Waals surface area contributed by atoms with Gasteiger partial charge < -0.3 is 28.8 Å². The van der Waals surface area contributed by atoms with Crippen LogP contribution in [0, 0.1) is 0 Å². The average molecular weight is 599 g/mol. The summed E-state index contributed by atoms with van der Waals surface area (Å²) in [4.78, 5) is 0. The van der Waals surface area contributed by atoms with Gasteiger partial charge in [0.2, 0.25) is 0 Å². The van der Waals surface area contributed by atoms with E-state index in [-0.39, 0.29) is 24.9 Å². The van der Waals surface area contributed by atoms with Gasteiger partial charge in [-0.15, -0.1) is 0 Å². The minimum absolute atomic E-state index is 0.117. The van der Waals surface area contributed by atoms with Crippen LogP contribution in [0.2, 0.25) is 5.04 Å². The smallest absolute Gasteiger partial charge is 0.261 e. The predicted octanol–water partition coefficient (Wildman–Crippen LogP) is 4.81. The molecule has 0 radical (unpaired) electrons. The first-order chi connectivity index (χ1) is 20.8.